The molecular formula is C28H25N3O5S. The zero-order valence-electron chi connectivity index (χ0n) is 20.3. The molecule has 4 aromatic carbocycles. The van der Waals surface area contributed by atoms with Crippen molar-refractivity contribution < 1.29 is 18.1 Å². The largest absolute Gasteiger partial charge is 0.321 e. The normalized spacial score (nSPS) is 11.1. The highest BCUT2D eigenvalue weighted by molar-refractivity contribution is 7.92. The Labute approximate surface area is 215 Å². The smallest absolute Gasteiger partial charge is 0.271 e. The number of nitrogens with one attached hydrogen (secondary N) is 1. The van der Waals surface area contributed by atoms with E-state index < -0.39 is 20.9 Å². The van der Waals surface area contributed by atoms with Crippen molar-refractivity contribution in [2.45, 2.75) is 25.3 Å². The Bertz CT molecular complexity index is 1550. The van der Waals surface area contributed by atoms with Crippen LogP contribution in [0.25, 0.3) is 0 Å². The van der Waals surface area contributed by atoms with Gasteiger partial charge in [-0.15, -0.1) is 0 Å². The summed E-state index contributed by atoms with van der Waals surface area (Å²) < 4.78 is 29.0. The molecule has 37 heavy (non-hydrogen) atoms. The number of aryl methyl sites for hydroxylation is 2. The number of amides is 1. The average Bonchev–Trinajstić information content (AvgIpc) is 2.89. The van der Waals surface area contributed by atoms with Crippen molar-refractivity contribution in [3.63, 3.8) is 0 Å². The Kier molecular flexibility index (Phi) is 7.35. The van der Waals surface area contributed by atoms with Gasteiger partial charge < -0.3 is 5.32 Å². The van der Waals surface area contributed by atoms with Crippen LogP contribution >= 0.6 is 0 Å². The highest BCUT2D eigenvalue weighted by Crippen LogP contribution is 2.31. The number of carbonyl (C=O) groups is 1. The maximum atomic E-state index is 13.9. The second-order valence-electron chi connectivity index (χ2n) is 8.54. The van der Waals surface area contributed by atoms with Gasteiger partial charge in [-0.1, -0.05) is 66.2 Å². The molecule has 0 spiro atoms. The molecule has 1 amide bonds. The number of hydrogen-bond donors (Lipinski definition) is 1. The van der Waals surface area contributed by atoms with Crippen LogP contribution < -0.4 is 9.62 Å². The van der Waals surface area contributed by atoms with Gasteiger partial charge in [-0.3, -0.25) is 19.2 Å². The van der Waals surface area contributed by atoms with Crippen LogP contribution in [0.3, 0.4) is 0 Å². The molecular weight excluding hydrogens is 490 g/mol. The number of carbonyl (C=O) groups excluding carboxylic acids is 1. The van der Waals surface area contributed by atoms with Crippen LogP contribution in [-0.4, -0.2) is 19.2 Å². The molecule has 9 heteroatoms. The number of nitro benzene ring substituents is 1. The molecule has 0 fully saturated rings. The van der Waals surface area contributed by atoms with Crippen LogP contribution in [0.1, 0.15) is 27.0 Å². The summed E-state index contributed by atoms with van der Waals surface area (Å²) in [6, 6.07) is 26.2. The third-order valence-electron chi connectivity index (χ3n) is 5.88. The van der Waals surface area contributed by atoms with Gasteiger partial charge in [-0.05, 0) is 49.2 Å². The van der Waals surface area contributed by atoms with Crippen molar-refractivity contribution in [2.75, 3.05) is 9.62 Å². The molecule has 0 bridgehead atoms. The molecule has 188 valence electrons. The molecule has 0 aliphatic carbocycles. The van der Waals surface area contributed by atoms with Crippen molar-refractivity contribution in [2.24, 2.45) is 0 Å². The van der Waals surface area contributed by atoms with Crippen molar-refractivity contribution in [3.8, 4) is 0 Å². The van der Waals surface area contributed by atoms with E-state index in [4.69, 9.17) is 0 Å². The minimum Gasteiger partial charge on any atom is -0.321 e. The van der Waals surface area contributed by atoms with E-state index in [1.165, 1.54) is 34.6 Å². The van der Waals surface area contributed by atoms with E-state index in [-0.39, 0.29) is 34.1 Å². The van der Waals surface area contributed by atoms with Gasteiger partial charge in [-0.25, -0.2) is 8.42 Å². The summed E-state index contributed by atoms with van der Waals surface area (Å²) in [5, 5.41) is 13.9. The molecule has 0 heterocycles. The Morgan fingerprint density at radius 3 is 2.22 bits per heavy atom. The van der Waals surface area contributed by atoms with Gasteiger partial charge in [-0.2, -0.15) is 0 Å². The number of benzene rings is 4. The van der Waals surface area contributed by atoms with E-state index in [0.29, 0.717) is 5.56 Å². The third kappa shape index (κ3) is 5.68. The number of nitrogens with zero attached hydrogens (tertiary/aromatic N) is 2. The number of para-hydroxylation sites is 1. The van der Waals surface area contributed by atoms with Crippen molar-refractivity contribution in [1.82, 2.24) is 0 Å². The third-order valence-corrected chi connectivity index (χ3v) is 7.65. The Balaban J connectivity index is 1.79. The number of rotatable bonds is 8. The predicted molar refractivity (Wildman–Crippen MR) is 143 cm³/mol. The number of sulfonamides is 1. The van der Waals surface area contributed by atoms with Crippen molar-refractivity contribution in [1.29, 1.82) is 0 Å². The molecule has 0 unspecified atom stereocenters. The first kappa shape index (κ1) is 25.6. The maximum absolute atomic E-state index is 13.9. The lowest BCUT2D eigenvalue weighted by atomic mass is 10.1. The van der Waals surface area contributed by atoms with E-state index in [2.05, 4.69) is 5.32 Å². The fourth-order valence-corrected chi connectivity index (χ4v) is 5.29. The first-order valence-electron chi connectivity index (χ1n) is 11.5. The minimum atomic E-state index is -4.06. The summed E-state index contributed by atoms with van der Waals surface area (Å²) in [6.45, 7) is 3.58. The molecule has 8 nitrogen and oxygen atoms in total. The zero-order valence-corrected chi connectivity index (χ0v) is 21.1. The summed E-state index contributed by atoms with van der Waals surface area (Å²) in [7, 11) is -4.06. The lowest BCUT2D eigenvalue weighted by Crippen LogP contribution is -2.32. The number of non-ortho nitro benzene ring substituents is 1. The fourth-order valence-electron chi connectivity index (χ4n) is 3.82. The number of nitro groups is 1. The topological polar surface area (TPSA) is 110 Å². The second kappa shape index (κ2) is 10.6. The van der Waals surface area contributed by atoms with Crippen LogP contribution in [0.5, 0.6) is 0 Å². The Morgan fingerprint density at radius 2 is 1.54 bits per heavy atom. The van der Waals surface area contributed by atoms with Crippen LogP contribution in [-0.2, 0) is 16.6 Å². The SMILES string of the molecule is Cc1ccc(S(=O)(=O)N(Cc2ccccc2)c2ccccc2C(=O)Nc2cc([N+](=O)[O-])ccc2C)cc1. The van der Waals surface area contributed by atoms with Crippen LogP contribution in [0.2, 0.25) is 0 Å². The quantitative estimate of drug-likeness (QED) is 0.233. The molecule has 0 aromatic heterocycles. The number of hydrogen-bond acceptors (Lipinski definition) is 5. The van der Waals surface area contributed by atoms with Crippen LogP contribution in [0.4, 0.5) is 17.1 Å². The highest BCUT2D eigenvalue weighted by atomic mass is 32.2. The van der Waals surface area contributed by atoms with Crippen molar-refractivity contribution in [3.05, 3.63) is 129 Å². The first-order valence-corrected chi connectivity index (χ1v) is 12.9. The predicted octanol–water partition coefficient (Wildman–Crippen LogP) is 5.86. The van der Waals surface area contributed by atoms with E-state index in [1.807, 2.05) is 37.3 Å². The van der Waals surface area contributed by atoms with Gasteiger partial charge in [0.15, 0.2) is 0 Å². The molecule has 4 aromatic rings. The lowest BCUT2D eigenvalue weighted by Gasteiger charge is -2.27. The molecule has 0 saturated carbocycles. The minimum absolute atomic E-state index is 0.00280. The van der Waals surface area contributed by atoms with E-state index in [0.717, 1.165) is 11.1 Å². The second-order valence-corrected chi connectivity index (χ2v) is 10.4. The van der Waals surface area contributed by atoms with Gasteiger partial charge in [0, 0.05) is 12.1 Å². The van der Waals surface area contributed by atoms with Crippen LogP contribution in [0, 0.1) is 24.0 Å². The summed E-state index contributed by atoms with van der Waals surface area (Å²) in [6.07, 6.45) is 0. The number of anilines is 2. The monoisotopic (exact) mass is 515 g/mol. The highest BCUT2D eigenvalue weighted by Gasteiger charge is 2.29. The molecule has 1 N–H and O–H groups in total. The van der Waals surface area contributed by atoms with Gasteiger partial charge in [0.2, 0.25) is 0 Å². The Hall–Kier alpha value is -4.50. The standard InChI is InChI=1S/C28H25N3O5S/c1-20-12-16-24(17-13-20)37(35,36)30(19-22-8-4-3-5-9-22)27-11-7-6-10-25(27)28(32)29-26-18-23(31(33)34)15-14-21(26)2/h3-18H,19H2,1-2H3,(H,29,32). The molecule has 0 aliphatic rings. The van der Waals surface area contributed by atoms with Gasteiger partial charge in [0.05, 0.1) is 33.3 Å². The molecule has 0 atom stereocenters. The summed E-state index contributed by atoms with van der Waals surface area (Å²) >= 11 is 0. The van der Waals surface area contributed by atoms with Gasteiger partial charge in [0.1, 0.15) is 0 Å². The van der Waals surface area contributed by atoms with Crippen LogP contribution in [0.15, 0.2) is 102 Å². The summed E-state index contributed by atoms with van der Waals surface area (Å²) in [5.74, 6) is -0.587. The van der Waals surface area contributed by atoms with Gasteiger partial charge >= 0.3 is 0 Å². The van der Waals surface area contributed by atoms with E-state index >= 15 is 0 Å². The summed E-state index contributed by atoms with van der Waals surface area (Å²) in [5.41, 5.74) is 2.69. The van der Waals surface area contributed by atoms with Crippen molar-refractivity contribution >= 4 is 33.0 Å². The van der Waals surface area contributed by atoms with E-state index in [1.54, 1.807) is 43.3 Å². The average molecular weight is 516 g/mol. The summed E-state index contributed by atoms with van der Waals surface area (Å²) in [4.78, 5) is 24.2. The van der Waals surface area contributed by atoms with E-state index in [9.17, 15) is 23.3 Å². The van der Waals surface area contributed by atoms with Gasteiger partial charge in [0.25, 0.3) is 21.6 Å². The zero-order chi connectivity index (χ0) is 26.6. The molecule has 4 rings (SSSR count). The first-order chi connectivity index (χ1) is 17.7. The maximum Gasteiger partial charge on any atom is 0.271 e. The molecule has 0 radical (unpaired) electrons. The fraction of sp³-hybridized carbons (Fsp3) is 0.107. The Morgan fingerprint density at radius 1 is 0.892 bits per heavy atom. The molecule has 0 saturated heterocycles. The molecule has 0 aliphatic heterocycles. The lowest BCUT2D eigenvalue weighted by molar-refractivity contribution is -0.384.